The van der Waals surface area contributed by atoms with Crippen LogP contribution in [0.25, 0.3) is 11.0 Å². The van der Waals surface area contributed by atoms with E-state index in [2.05, 4.69) is 5.32 Å². The van der Waals surface area contributed by atoms with Gasteiger partial charge in [-0.1, -0.05) is 63.5 Å². The maximum atomic E-state index is 13.9. The zero-order valence-corrected chi connectivity index (χ0v) is 19.3. The molecule has 0 bridgehead atoms. The highest BCUT2D eigenvalue weighted by Gasteiger charge is 2.51. The van der Waals surface area contributed by atoms with Crippen LogP contribution in [0, 0.1) is 0 Å². The summed E-state index contributed by atoms with van der Waals surface area (Å²) in [6.07, 6.45) is 13.5. The first kappa shape index (κ1) is 21.5. The van der Waals surface area contributed by atoms with Crippen LogP contribution in [0.3, 0.4) is 0 Å². The molecule has 0 spiro atoms. The fourth-order valence-corrected chi connectivity index (χ4v) is 6.15. The molecule has 2 heterocycles. The average Bonchev–Trinajstić information content (AvgIpc) is 2.99. The highest BCUT2D eigenvalue weighted by Crippen LogP contribution is 2.36. The van der Waals surface area contributed by atoms with E-state index >= 15 is 0 Å². The van der Waals surface area contributed by atoms with Crippen LogP contribution in [-0.2, 0) is 11.3 Å². The standard InChI is InChI=1S/C26H36N4O2/c1-26(25(32)27-19-12-6-2-3-7-13-19)18-29-22-17-11-10-16-21(22)28-23(29)24(31)30(26)20-14-8-4-5-9-15-20/h10-11,16-17,19-20H,2-9,12-15,18H2,1H3,(H,27,32). The fraction of sp³-hybridized carbons (Fsp3) is 0.654. The number of amides is 2. The summed E-state index contributed by atoms with van der Waals surface area (Å²) in [6.45, 7) is 2.45. The quantitative estimate of drug-likeness (QED) is 0.702. The summed E-state index contributed by atoms with van der Waals surface area (Å²) in [7, 11) is 0. The number of hydrogen-bond acceptors (Lipinski definition) is 3. The number of nitrogens with zero attached hydrogens (tertiary/aromatic N) is 3. The van der Waals surface area contributed by atoms with Gasteiger partial charge in [0.15, 0.2) is 5.82 Å². The Hall–Kier alpha value is -2.37. The lowest BCUT2D eigenvalue weighted by molar-refractivity contribution is -0.135. The molecule has 1 aromatic carbocycles. The van der Waals surface area contributed by atoms with Crippen molar-refractivity contribution >= 4 is 22.8 Å². The van der Waals surface area contributed by atoms with Crippen molar-refractivity contribution in [3.05, 3.63) is 30.1 Å². The molecule has 6 nitrogen and oxygen atoms in total. The lowest BCUT2D eigenvalue weighted by Crippen LogP contribution is -2.67. The van der Waals surface area contributed by atoms with Gasteiger partial charge in [-0.05, 0) is 44.7 Å². The summed E-state index contributed by atoms with van der Waals surface area (Å²) in [5.74, 6) is 0.401. The molecule has 172 valence electrons. The third-order valence-corrected chi connectivity index (χ3v) is 7.93. The van der Waals surface area contributed by atoms with Crippen molar-refractivity contribution in [2.45, 2.75) is 108 Å². The van der Waals surface area contributed by atoms with Crippen molar-refractivity contribution in [3.8, 4) is 0 Å². The van der Waals surface area contributed by atoms with Crippen LogP contribution in [0.5, 0.6) is 0 Å². The van der Waals surface area contributed by atoms with Crippen LogP contribution in [0.1, 0.15) is 94.6 Å². The molecule has 2 aromatic rings. The van der Waals surface area contributed by atoms with E-state index < -0.39 is 5.54 Å². The van der Waals surface area contributed by atoms with Gasteiger partial charge in [0, 0.05) is 12.1 Å². The van der Waals surface area contributed by atoms with E-state index in [0.29, 0.717) is 12.4 Å². The Morgan fingerprint density at radius 1 is 0.969 bits per heavy atom. The van der Waals surface area contributed by atoms with Crippen molar-refractivity contribution in [1.29, 1.82) is 0 Å². The predicted molar refractivity (Wildman–Crippen MR) is 125 cm³/mol. The highest BCUT2D eigenvalue weighted by molar-refractivity contribution is 6.01. The smallest absolute Gasteiger partial charge is 0.291 e. The van der Waals surface area contributed by atoms with E-state index in [-0.39, 0.29) is 23.9 Å². The van der Waals surface area contributed by atoms with Gasteiger partial charge in [0.2, 0.25) is 5.91 Å². The summed E-state index contributed by atoms with van der Waals surface area (Å²) in [5, 5.41) is 3.38. The van der Waals surface area contributed by atoms with E-state index in [4.69, 9.17) is 4.98 Å². The molecular formula is C26H36N4O2. The van der Waals surface area contributed by atoms with Crippen molar-refractivity contribution < 1.29 is 9.59 Å². The number of hydrogen-bond donors (Lipinski definition) is 1. The molecule has 3 aliphatic rings. The summed E-state index contributed by atoms with van der Waals surface area (Å²) in [4.78, 5) is 34.5. The Balaban J connectivity index is 1.53. The molecule has 1 atom stereocenters. The molecule has 32 heavy (non-hydrogen) atoms. The van der Waals surface area contributed by atoms with Crippen LogP contribution in [0.15, 0.2) is 24.3 Å². The number of para-hydroxylation sites is 2. The minimum absolute atomic E-state index is 0.00503. The number of imidazole rings is 1. The molecule has 2 aliphatic carbocycles. The topological polar surface area (TPSA) is 67.2 Å². The normalized spacial score (nSPS) is 25.9. The zero-order chi connectivity index (χ0) is 22.1. The number of rotatable bonds is 3. The third kappa shape index (κ3) is 3.82. The van der Waals surface area contributed by atoms with Crippen LogP contribution < -0.4 is 5.32 Å². The second-order valence-corrected chi connectivity index (χ2v) is 10.3. The molecular weight excluding hydrogens is 400 g/mol. The average molecular weight is 437 g/mol. The van der Waals surface area contributed by atoms with Gasteiger partial charge in [-0.2, -0.15) is 0 Å². The maximum Gasteiger partial charge on any atom is 0.291 e. The first-order valence-electron chi connectivity index (χ1n) is 12.7. The van der Waals surface area contributed by atoms with Crippen molar-refractivity contribution in [2.75, 3.05) is 0 Å². The molecule has 1 N–H and O–H groups in total. The van der Waals surface area contributed by atoms with Gasteiger partial charge in [0.25, 0.3) is 5.91 Å². The highest BCUT2D eigenvalue weighted by atomic mass is 16.2. The number of nitrogens with one attached hydrogen (secondary N) is 1. The van der Waals surface area contributed by atoms with E-state index in [1.807, 2.05) is 40.7 Å². The van der Waals surface area contributed by atoms with Gasteiger partial charge in [0.05, 0.1) is 17.6 Å². The fourth-order valence-electron chi connectivity index (χ4n) is 6.15. The molecule has 0 radical (unpaired) electrons. The predicted octanol–water partition coefficient (Wildman–Crippen LogP) is 4.81. The van der Waals surface area contributed by atoms with Crippen LogP contribution >= 0.6 is 0 Å². The van der Waals surface area contributed by atoms with Crippen LogP contribution in [0.2, 0.25) is 0 Å². The third-order valence-electron chi connectivity index (χ3n) is 7.93. The molecule has 2 fully saturated rings. The van der Waals surface area contributed by atoms with Crippen molar-refractivity contribution in [2.24, 2.45) is 0 Å². The first-order valence-corrected chi connectivity index (χ1v) is 12.7. The van der Waals surface area contributed by atoms with Gasteiger partial charge in [-0.25, -0.2) is 4.98 Å². The van der Waals surface area contributed by atoms with Gasteiger partial charge in [-0.3, -0.25) is 9.59 Å². The van der Waals surface area contributed by atoms with Gasteiger partial charge in [0.1, 0.15) is 5.54 Å². The Bertz CT molecular complexity index is 983. The minimum Gasteiger partial charge on any atom is -0.351 e. The molecule has 0 saturated heterocycles. The molecule has 1 unspecified atom stereocenters. The molecule has 1 aliphatic heterocycles. The van der Waals surface area contributed by atoms with Crippen LogP contribution in [-0.4, -0.2) is 43.9 Å². The monoisotopic (exact) mass is 436 g/mol. The molecule has 1 aromatic heterocycles. The summed E-state index contributed by atoms with van der Waals surface area (Å²) in [6, 6.07) is 8.20. The van der Waals surface area contributed by atoms with E-state index in [0.717, 1.165) is 49.6 Å². The lowest BCUT2D eigenvalue weighted by Gasteiger charge is -2.47. The van der Waals surface area contributed by atoms with Gasteiger partial charge in [-0.15, -0.1) is 0 Å². The lowest BCUT2D eigenvalue weighted by atomic mass is 9.90. The Morgan fingerprint density at radius 3 is 2.28 bits per heavy atom. The number of benzene rings is 1. The Kier molecular flexibility index (Phi) is 5.95. The van der Waals surface area contributed by atoms with E-state index in [9.17, 15) is 9.59 Å². The van der Waals surface area contributed by atoms with E-state index in [1.54, 1.807) is 0 Å². The van der Waals surface area contributed by atoms with Gasteiger partial charge >= 0.3 is 0 Å². The summed E-state index contributed by atoms with van der Waals surface area (Å²) < 4.78 is 1.98. The number of fused-ring (bicyclic) bond motifs is 3. The van der Waals surface area contributed by atoms with Gasteiger partial charge < -0.3 is 14.8 Å². The molecule has 5 rings (SSSR count). The van der Waals surface area contributed by atoms with Crippen molar-refractivity contribution in [3.63, 3.8) is 0 Å². The number of carbonyl (C=O) groups is 2. The number of carbonyl (C=O) groups excluding carboxylic acids is 2. The molecule has 6 heteroatoms. The zero-order valence-electron chi connectivity index (χ0n) is 19.3. The minimum atomic E-state index is -0.908. The van der Waals surface area contributed by atoms with E-state index in [1.165, 1.54) is 38.5 Å². The van der Waals surface area contributed by atoms with Crippen LogP contribution in [0.4, 0.5) is 0 Å². The Morgan fingerprint density at radius 2 is 1.59 bits per heavy atom. The largest absolute Gasteiger partial charge is 0.351 e. The second-order valence-electron chi connectivity index (χ2n) is 10.3. The molecule has 2 amide bonds. The Labute approximate surface area is 190 Å². The second kappa shape index (κ2) is 8.87. The summed E-state index contributed by atoms with van der Waals surface area (Å²) in [5.41, 5.74) is 0.851. The molecule has 2 saturated carbocycles. The SMILES string of the molecule is CC1(C(=O)NC2CCCCCC2)Cn2c(nc3ccccc32)C(=O)N1C1CCCCCC1. The first-order chi connectivity index (χ1) is 15.6. The summed E-state index contributed by atoms with van der Waals surface area (Å²) >= 11 is 0. The maximum absolute atomic E-state index is 13.9. The number of aromatic nitrogens is 2. The van der Waals surface area contributed by atoms with Crippen molar-refractivity contribution in [1.82, 2.24) is 19.8 Å².